The summed E-state index contributed by atoms with van der Waals surface area (Å²) >= 11 is 1.22. The van der Waals surface area contributed by atoms with Crippen LogP contribution in [0.2, 0.25) is 0 Å². The van der Waals surface area contributed by atoms with Gasteiger partial charge >= 0.3 is 5.97 Å². The van der Waals surface area contributed by atoms with Gasteiger partial charge in [-0.25, -0.2) is 9.78 Å². The van der Waals surface area contributed by atoms with Gasteiger partial charge in [-0.3, -0.25) is 0 Å². The largest absolute Gasteiger partial charge is 0.461 e. The maximum Gasteiger partial charge on any atom is 0.362 e. The Morgan fingerprint density at radius 3 is 2.94 bits per heavy atom. The molecule has 0 fully saturated rings. The van der Waals surface area contributed by atoms with E-state index in [0.29, 0.717) is 17.4 Å². The van der Waals surface area contributed by atoms with Crippen LogP contribution in [-0.2, 0) is 14.4 Å². The molecule has 0 bridgehead atoms. The summed E-state index contributed by atoms with van der Waals surface area (Å²) in [5.74, 6) is -0.561. The van der Waals surface area contributed by atoms with E-state index < -0.39 is 5.97 Å². The molecule has 0 spiro atoms. The third kappa shape index (κ3) is 3.20. The highest BCUT2D eigenvalue weighted by Gasteiger charge is 2.19. The molecule has 0 aliphatic rings. The standard InChI is InChI=1S/C9H13N3O3S/c1-3-4-15-8(13)7(12-14-2)6-5-16-9(10)11-6/h5H,3-4H2,1-2H3,(H2,10,11). The van der Waals surface area contributed by atoms with Crippen molar-refractivity contribution in [2.75, 3.05) is 19.5 Å². The van der Waals surface area contributed by atoms with Gasteiger partial charge in [0.15, 0.2) is 5.13 Å². The summed E-state index contributed by atoms with van der Waals surface area (Å²) in [6.45, 7) is 2.24. The Kier molecular flexibility index (Phi) is 4.71. The van der Waals surface area contributed by atoms with Gasteiger partial charge in [0.05, 0.1) is 6.61 Å². The molecule has 2 N–H and O–H groups in total. The molecule has 16 heavy (non-hydrogen) atoms. The number of carbonyl (C=O) groups is 1. The molecule has 6 nitrogen and oxygen atoms in total. The molecule has 0 amide bonds. The Bertz CT molecular complexity index is 389. The molecule has 0 aromatic carbocycles. The van der Waals surface area contributed by atoms with E-state index in [-0.39, 0.29) is 5.71 Å². The van der Waals surface area contributed by atoms with Crippen LogP contribution >= 0.6 is 11.3 Å². The van der Waals surface area contributed by atoms with Crippen LogP contribution in [0.5, 0.6) is 0 Å². The quantitative estimate of drug-likeness (QED) is 0.474. The van der Waals surface area contributed by atoms with Crippen LogP contribution in [-0.4, -0.2) is 30.4 Å². The van der Waals surface area contributed by atoms with Gasteiger partial charge in [0.25, 0.3) is 0 Å². The zero-order chi connectivity index (χ0) is 12.0. The average molecular weight is 243 g/mol. The van der Waals surface area contributed by atoms with Crippen LogP contribution in [0.3, 0.4) is 0 Å². The molecule has 7 heteroatoms. The Morgan fingerprint density at radius 1 is 1.69 bits per heavy atom. The first kappa shape index (κ1) is 12.4. The van der Waals surface area contributed by atoms with Gasteiger partial charge in [-0.05, 0) is 6.42 Å². The Balaban J connectivity index is 2.83. The zero-order valence-electron chi connectivity index (χ0n) is 9.10. The third-order valence-electron chi connectivity index (χ3n) is 1.58. The lowest BCUT2D eigenvalue weighted by Gasteiger charge is -2.03. The van der Waals surface area contributed by atoms with Crippen molar-refractivity contribution in [3.63, 3.8) is 0 Å². The van der Waals surface area contributed by atoms with Crippen LogP contribution in [0.4, 0.5) is 5.13 Å². The van der Waals surface area contributed by atoms with E-state index in [9.17, 15) is 4.79 Å². The van der Waals surface area contributed by atoms with Gasteiger partial charge in [-0.1, -0.05) is 12.1 Å². The fourth-order valence-corrected chi connectivity index (χ4v) is 1.49. The first-order chi connectivity index (χ1) is 7.69. The van der Waals surface area contributed by atoms with Crippen molar-refractivity contribution < 1.29 is 14.4 Å². The first-order valence-electron chi connectivity index (χ1n) is 4.68. The minimum absolute atomic E-state index is 0.0314. The summed E-state index contributed by atoms with van der Waals surface area (Å²) in [7, 11) is 1.35. The lowest BCUT2D eigenvalue weighted by molar-refractivity contribution is -0.135. The van der Waals surface area contributed by atoms with E-state index in [1.807, 2.05) is 6.92 Å². The summed E-state index contributed by atoms with van der Waals surface area (Å²) in [6, 6.07) is 0. The average Bonchev–Trinajstić information content (AvgIpc) is 2.69. The Morgan fingerprint density at radius 2 is 2.44 bits per heavy atom. The Labute approximate surface area is 97.1 Å². The van der Waals surface area contributed by atoms with E-state index in [0.717, 1.165) is 6.42 Å². The van der Waals surface area contributed by atoms with Crippen molar-refractivity contribution in [2.24, 2.45) is 5.16 Å². The van der Waals surface area contributed by atoms with Gasteiger partial charge in [-0.15, -0.1) is 11.3 Å². The Hall–Kier alpha value is -1.63. The molecular weight excluding hydrogens is 230 g/mol. The first-order valence-corrected chi connectivity index (χ1v) is 5.56. The van der Waals surface area contributed by atoms with Gasteiger partial charge in [0.1, 0.15) is 12.8 Å². The SMILES string of the molecule is CCCOC(=O)C(=NOC)c1csc(N)n1. The molecule has 0 saturated carbocycles. The van der Waals surface area contributed by atoms with Crippen LogP contribution in [0.25, 0.3) is 0 Å². The monoisotopic (exact) mass is 243 g/mol. The number of anilines is 1. The zero-order valence-corrected chi connectivity index (χ0v) is 9.91. The number of nitrogen functional groups attached to an aromatic ring is 1. The number of hydrogen-bond donors (Lipinski definition) is 1. The van der Waals surface area contributed by atoms with Crippen molar-refractivity contribution in [1.82, 2.24) is 4.98 Å². The molecular formula is C9H13N3O3S. The molecule has 1 aromatic heterocycles. The van der Waals surface area contributed by atoms with E-state index in [4.69, 9.17) is 10.5 Å². The van der Waals surface area contributed by atoms with Gasteiger partial charge in [0, 0.05) is 5.38 Å². The van der Waals surface area contributed by atoms with Crippen molar-refractivity contribution in [1.29, 1.82) is 0 Å². The number of hydrogen-bond acceptors (Lipinski definition) is 7. The van der Waals surface area contributed by atoms with Crippen molar-refractivity contribution in [3.8, 4) is 0 Å². The maximum atomic E-state index is 11.6. The highest BCUT2D eigenvalue weighted by atomic mass is 32.1. The van der Waals surface area contributed by atoms with Crippen molar-refractivity contribution in [3.05, 3.63) is 11.1 Å². The minimum Gasteiger partial charge on any atom is -0.461 e. The molecule has 0 saturated heterocycles. The molecule has 0 unspecified atom stereocenters. The predicted octanol–water partition coefficient (Wildman–Crippen LogP) is 1.03. The normalized spacial score (nSPS) is 11.2. The topological polar surface area (TPSA) is 86.8 Å². The molecule has 1 rings (SSSR count). The van der Waals surface area contributed by atoms with Crippen LogP contribution in [0, 0.1) is 0 Å². The summed E-state index contributed by atoms with van der Waals surface area (Å²) in [5, 5.41) is 5.58. The summed E-state index contributed by atoms with van der Waals surface area (Å²) < 4.78 is 4.94. The number of aromatic nitrogens is 1. The smallest absolute Gasteiger partial charge is 0.362 e. The number of nitrogens with two attached hydrogens (primary N) is 1. The van der Waals surface area contributed by atoms with E-state index in [2.05, 4.69) is 15.0 Å². The fraction of sp³-hybridized carbons (Fsp3) is 0.444. The number of oxime groups is 1. The second kappa shape index (κ2) is 6.06. The third-order valence-corrected chi connectivity index (χ3v) is 2.25. The molecule has 0 aliphatic carbocycles. The number of nitrogens with zero attached hydrogens (tertiary/aromatic N) is 2. The fourth-order valence-electron chi connectivity index (χ4n) is 0.939. The summed E-state index contributed by atoms with van der Waals surface area (Å²) in [5.41, 5.74) is 5.87. The number of esters is 1. The van der Waals surface area contributed by atoms with Crippen LogP contribution < -0.4 is 5.73 Å². The molecule has 0 atom stereocenters. The second-order valence-electron chi connectivity index (χ2n) is 2.83. The number of ether oxygens (including phenoxy) is 1. The summed E-state index contributed by atoms with van der Waals surface area (Å²) in [6.07, 6.45) is 0.741. The predicted molar refractivity (Wildman–Crippen MR) is 61.3 cm³/mol. The lowest BCUT2D eigenvalue weighted by Crippen LogP contribution is -2.20. The van der Waals surface area contributed by atoms with Gasteiger partial charge in [0.2, 0.25) is 5.71 Å². The molecule has 1 aromatic rings. The highest BCUT2D eigenvalue weighted by molar-refractivity contribution is 7.13. The van der Waals surface area contributed by atoms with Crippen molar-refractivity contribution >= 4 is 28.1 Å². The van der Waals surface area contributed by atoms with E-state index >= 15 is 0 Å². The van der Waals surface area contributed by atoms with E-state index in [1.165, 1.54) is 18.4 Å². The number of carbonyl (C=O) groups excluding carboxylic acids is 1. The molecule has 88 valence electrons. The van der Waals surface area contributed by atoms with Gasteiger partial charge < -0.3 is 15.3 Å². The van der Waals surface area contributed by atoms with Gasteiger partial charge in [-0.2, -0.15) is 0 Å². The molecule has 0 aliphatic heterocycles. The number of rotatable bonds is 5. The molecule has 0 radical (unpaired) electrons. The van der Waals surface area contributed by atoms with E-state index in [1.54, 1.807) is 5.38 Å². The van der Waals surface area contributed by atoms with Crippen LogP contribution in [0.15, 0.2) is 10.5 Å². The van der Waals surface area contributed by atoms with Crippen molar-refractivity contribution in [2.45, 2.75) is 13.3 Å². The maximum absolute atomic E-state index is 11.6. The lowest BCUT2D eigenvalue weighted by atomic mass is 10.3. The van der Waals surface area contributed by atoms with Crippen LogP contribution in [0.1, 0.15) is 19.0 Å². The minimum atomic E-state index is -0.561. The number of thiazole rings is 1. The second-order valence-corrected chi connectivity index (χ2v) is 3.72. The summed E-state index contributed by atoms with van der Waals surface area (Å²) in [4.78, 5) is 20.1. The molecule has 1 heterocycles. The highest BCUT2D eigenvalue weighted by Crippen LogP contribution is 2.12.